The number of amides is 1. The molecule has 1 fully saturated rings. The Hall–Kier alpha value is -1.92. The van der Waals surface area contributed by atoms with Crippen molar-refractivity contribution in [2.75, 3.05) is 18.5 Å². The van der Waals surface area contributed by atoms with Crippen LogP contribution in [0.1, 0.15) is 23.2 Å². The lowest BCUT2D eigenvalue weighted by atomic mass is 10.2. The molecule has 2 aromatic rings. The predicted octanol–water partition coefficient (Wildman–Crippen LogP) is 3.70. The van der Waals surface area contributed by atoms with Gasteiger partial charge in [0.2, 0.25) is 0 Å². The second kappa shape index (κ2) is 6.89. The van der Waals surface area contributed by atoms with Crippen LogP contribution in [0, 0.1) is 5.82 Å². The van der Waals surface area contributed by atoms with Crippen LogP contribution in [0.25, 0.3) is 0 Å². The van der Waals surface area contributed by atoms with Crippen LogP contribution in [0.4, 0.5) is 10.1 Å². The lowest BCUT2D eigenvalue weighted by Crippen LogP contribution is -2.18. The Kier molecular flexibility index (Phi) is 4.70. The number of benzene rings is 1. The third-order valence-electron chi connectivity index (χ3n) is 3.42. The van der Waals surface area contributed by atoms with E-state index in [1.54, 1.807) is 11.4 Å². The van der Waals surface area contributed by atoms with Gasteiger partial charge in [-0.2, -0.15) is 11.3 Å². The molecule has 0 radical (unpaired) electrons. The molecular weight excluding hydrogens is 305 g/mol. The molecule has 6 heteroatoms. The summed E-state index contributed by atoms with van der Waals surface area (Å²) in [6, 6.07) is 5.81. The Labute approximate surface area is 131 Å². The zero-order chi connectivity index (χ0) is 15.4. The molecule has 1 amide bonds. The monoisotopic (exact) mass is 321 g/mol. The minimum absolute atomic E-state index is 0.0606. The second-order valence-electron chi connectivity index (χ2n) is 5.05. The van der Waals surface area contributed by atoms with Gasteiger partial charge in [0.1, 0.15) is 18.2 Å². The van der Waals surface area contributed by atoms with Gasteiger partial charge in [-0.25, -0.2) is 4.39 Å². The van der Waals surface area contributed by atoms with Crippen LogP contribution in [0.2, 0.25) is 0 Å². The number of rotatable bonds is 5. The topological polar surface area (TPSA) is 47.6 Å². The summed E-state index contributed by atoms with van der Waals surface area (Å²) in [5, 5.41) is 6.24. The molecule has 1 N–H and O–H groups in total. The molecule has 1 atom stereocenters. The summed E-state index contributed by atoms with van der Waals surface area (Å²) in [7, 11) is 0. The Balaban J connectivity index is 1.71. The molecule has 0 saturated carbocycles. The van der Waals surface area contributed by atoms with Crippen LogP contribution >= 0.6 is 11.3 Å². The predicted molar refractivity (Wildman–Crippen MR) is 83.1 cm³/mol. The fraction of sp³-hybridized carbons (Fsp3) is 0.312. The summed E-state index contributed by atoms with van der Waals surface area (Å²) >= 11 is 1.43. The summed E-state index contributed by atoms with van der Waals surface area (Å²) in [6.45, 7) is 1.14. The highest BCUT2D eigenvalue weighted by Crippen LogP contribution is 2.27. The summed E-state index contributed by atoms with van der Waals surface area (Å²) in [4.78, 5) is 12.1. The van der Waals surface area contributed by atoms with Crippen molar-refractivity contribution in [3.05, 3.63) is 46.4 Å². The first-order chi connectivity index (χ1) is 10.7. The minimum atomic E-state index is -0.426. The van der Waals surface area contributed by atoms with Crippen molar-refractivity contribution in [3.8, 4) is 5.75 Å². The number of nitrogens with one attached hydrogen (secondary N) is 1. The van der Waals surface area contributed by atoms with Crippen LogP contribution in [0.3, 0.4) is 0 Å². The number of ether oxygens (including phenoxy) is 2. The Morgan fingerprint density at radius 2 is 2.36 bits per heavy atom. The average Bonchev–Trinajstić information content (AvgIpc) is 3.20. The molecule has 2 heterocycles. The molecule has 0 spiro atoms. The van der Waals surface area contributed by atoms with Crippen molar-refractivity contribution in [2.45, 2.75) is 18.9 Å². The molecule has 0 aliphatic carbocycles. The maximum Gasteiger partial charge on any atom is 0.256 e. The number of hydrogen-bond donors (Lipinski definition) is 1. The van der Waals surface area contributed by atoms with E-state index < -0.39 is 5.82 Å². The van der Waals surface area contributed by atoms with E-state index in [0.29, 0.717) is 23.6 Å². The van der Waals surface area contributed by atoms with Crippen LogP contribution in [0.15, 0.2) is 35.0 Å². The highest BCUT2D eigenvalue weighted by molar-refractivity contribution is 7.08. The highest BCUT2D eigenvalue weighted by Gasteiger charge is 2.18. The van der Waals surface area contributed by atoms with E-state index in [2.05, 4.69) is 5.32 Å². The Morgan fingerprint density at radius 1 is 1.45 bits per heavy atom. The number of anilines is 1. The molecule has 116 valence electrons. The van der Waals surface area contributed by atoms with Gasteiger partial charge in [-0.15, -0.1) is 0 Å². The average molecular weight is 321 g/mol. The van der Waals surface area contributed by atoms with E-state index in [0.717, 1.165) is 19.4 Å². The maximum atomic E-state index is 13.5. The molecule has 1 aliphatic heterocycles. The normalized spacial score (nSPS) is 17.4. The van der Waals surface area contributed by atoms with E-state index in [4.69, 9.17) is 9.47 Å². The van der Waals surface area contributed by atoms with Gasteiger partial charge in [0.25, 0.3) is 5.91 Å². The molecule has 4 nitrogen and oxygen atoms in total. The van der Waals surface area contributed by atoms with Gasteiger partial charge in [0.05, 0.1) is 17.4 Å². The van der Waals surface area contributed by atoms with Gasteiger partial charge >= 0.3 is 0 Å². The number of carbonyl (C=O) groups is 1. The van der Waals surface area contributed by atoms with Crippen molar-refractivity contribution < 1.29 is 18.7 Å². The smallest absolute Gasteiger partial charge is 0.256 e. The summed E-state index contributed by atoms with van der Waals surface area (Å²) < 4.78 is 24.6. The Bertz CT molecular complexity index is 639. The number of hydrogen-bond acceptors (Lipinski definition) is 4. The van der Waals surface area contributed by atoms with Gasteiger partial charge in [0.15, 0.2) is 0 Å². The standard InChI is InChI=1S/C16H16FNO3S/c17-12-3-4-15(21-9-13-2-1-6-20-13)14(8-12)18-16(19)11-5-7-22-10-11/h3-5,7-8,10,13H,1-2,6,9H2,(H,18,19)/t13-/m1/s1. The third kappa shape index (κ3) is 3.64. The van der Waals surface area contributed by atoms with E-state index >= 15 is 0 Å². The zero-order valence-corrected chi connectivity index (χ0v) is 12.7. The lowest BCUT2D eigenvalue weighted by Gasteiger charge is -2.15. The zero-order valence-electron chi connectivity index (χ0n) is 11.9. The van der Waals surface area contributed by atoms with Gasteiger partial charge in [-0.05, 0) is 36.4 Å². The van der Waals surface area contributed by atoms with E-state index in [1.165, 1.54) is 29.5 Å². The lowest BCUT2D eigenvalue weighted by molar-refractivity contribution is 0.0681. The van der Waals surface area contributed by atoms with Crippen LogP contribution in [-0.2, 0) is 4.74 Å². The molecule has 1 aliphatic rings. The van der Waals surface area contributed by atoms with E-state index in [9.17, 15) is 9.18 Å². The maximum absolute atomic E-state index is 13.5. The molecule has 1 aromatic heterocycles. The molecule has 1 saturated heterocycles. The summed E-state index contributed by atoms with van der Waals surface area (Å²) in [6.07, 6.45) is 2.04. The molecule has 0 unspecified atom stereocenters. The first-order valence-electron chi connectivity index (χ1n) is 7.10. The summed E-state index contributed by atoms with van der Waals surface area (Å²) in [5.41, 5.74) is 0.869. The first kappa shape index (κ1) is 15.0. The van der Waals surface area contributed by atoms with Crippen molar-refractivity contribution in [3.63, 3.8) is 0 Å². The first-order valence-corrected chi connectivity index (χ1v) is 8.04. The highest BCUT2D eigenvalue weighted by atomic mass is 32.1. The molecule has 3 rings (SSSR count). The minimum Gasteiger partial charge on any atom is -0.489 e. The van der Waals surface area contributed by atoms with Crippen LogP contribution in [0.5, 0.6) is 5.75 Å². The number of halogens is 1. The third-order valence-corrected chi connectivity index (χ3v) is 4.11. The number of carbonyl (C=O) groups excluding carboxylic acids is 1. The van der Waals surface area contributed by atoms with E-state index in [1.807, 2.05) is 5.38 Å². The molecule has 0 bridgehead atoms. The van der Waals surface area contributed by atoms with Crippen LogP contribution in [-0.4, -0.2) is 25.2 Å². The van der Waals surface area contributed by atoms with E-state index in [-0.39, 0.29) is 12.0 Å². The molecular formula is C16H16FNO3S. The van der Waals surface area contributed by atoms with Gasteiger partial charge in [-0.1, -0.05) is 0 Å². The Morgan fingerprint density at radius 3 is 3.09 bits per heavy atom. The van der Waals surface area contributed by atoms with Crippen molar-refractivity contribution in [1.82, 2.24) is 0 Å². The van der Waals surface area contributed by atoms with Gasteiger partial charge in [0, 0.05) is 18.1 Å². The SMILES string of the molecule is O=C(Nc1cc(F)ccc1OC[C@H]1CCCO1)c1ccsc1. The largest absolute Gasteiger partial charge is 0.489 e. The number of thiophene rings is 1. The molecule has 1 aromatic carbocycles. The van der Waals surface area contributed by atoms with Crippen molar-refractivity contribution in [2.24, 2.45) is 0 Å². The van der Waals surface area contributed by atoms with Gasteiger partial charge in [-0.3, -0.25) is 4.79 Å². The second-order valence-corrected chi connectivity index (χ2v) is 5.83. The van der Waals surface area contributed by atoms with Crippen molar-refractivity contribution >= 4 is 22.9 Å². The van der Waals surface area contributed by atoms with Gasteiger partial charge < -0.3 is 14.8 Å². The fourth-order valence-corrected chi connectivity index (χ4v) is 2.91. The van der Waals surface area contributed by atoms with Crippen molar-refractivity contribution in [1.29, 1.82) is 0 Å². The summed E-state index contributed by atoms with van der Waals surface area (Å²) in [5.74, 6) is -0.264. The quantitative estimate of drug-likeness (QED) is 0.913. The fourth-order valence-electron chi connectivity index (χ4n) is 2.27. The molecule has 22 heavy (non-hydrogen) atoms. The van der Waals surface area contributed by atoms with Crippen LogP contribution < -0.4 is 10.1 Å².